The van der Waals surface area contributed by atoms with Gasteiger partial charge >= 0.3 is 11.9 Å². The van der Waals surface area contributed by atoms with Crippen molar-refractivity contribution in [1.29, 1.82) is 0 Å². The second-order valence-electron chi connectivity index (χ2n) is 18.0. The fourth-order valence-corrected chi connectivity index (χ4v) is 13.8. The monoisotopic (exact) mass is 770 g/mol. The number of non-ortho nitro benzene ring substituents is 1. The summed E-state index contributed by atoms with van der Waals surface area (Å²) in [6.07, 6.45) is -9.69. The molecule has 6 N–H and O–H groups in total. The topological polar surface area (TPSA) is 268 Å². The number of nitro groups is 1. The first-order valence-electron chi connectivity index (χ1n) is 18.9. The SMILES string of the molecule is CC(=O)O[C@H]1[C@H]2[C@@H]([C@@H](O)[C@H](NC(=O)c3cccc([N+](=O)[O-])c3)[C@H]3C[C@@H]4O[C@@H]4[C@H](O)[C@]23C)[C@@H]2[C@@H](O)[C@@H]3[C@H]([C@H](C)[C@H]4O[C@]45OC(=O)[C@@](C)(O)[C@]35C)[C@@]2(C(C)=O)[C@H]1O. The van der Waals surface area contributed by atoms with Gasteiger partial charge in [-0.1, -0.05) is 19.9 Å². The van der Waals surface area contributed by atoms with Crippen LogP contribution in [0.5, 0.6) is 0 Å². The van der Waals surface area contributed by atoms with Crippen molar-refractivity contribution in [2.24, 2.45) is 57.7 Å². The van der Waals surface area contributed by atoms with Crippen molar-refractivity contribution in [3.8, 4) is 0 Å². The largest absolute Gasteiger partial charge is 0.459 e. The minimum absolute atomic E-state index is 0.0802. The number of ether oxygens (including phenoxy) is 4. The Morgan fingerprint density at radius 1 is 1.00 bits per heavy atom. The van der Waals surface area contributed by atoms with E-state index in [0.29, 0.717) is 0 Å². The van der Waals surface area contributed by atoms with Crippen LogP contribution in [0.3, 0.4) is 0 Å². The summed E-state index contributed by atoms with van der Waals surface area (Å²) in [5.74, 6) is -12.3. The predicted octanol–water partition coefficient (Wildman–Crippen LogP) is -0.382. The Morgan fingerprint density at radius 3 is 2.33 bits per heavy atom. The Bertz CT molecular complexity index is 1940. The summed E-state index contributed by atoms with van der Waals surface area (Å²) in [5, 5.41) is 77.2. The van der Waals surface area contributed by atoms with Gasteiger partial charge in [0.05, 0.1) is 46.2 Å². The zero-order chi connectivity index (χ0) is 39.9. The van der Waals surface area contributed by atoms with E-state index < -0.39 is 152 Å². The highest BCUT2D eigenvalue weighted by atomic mass is 16.8. The van der Waals surface area contributed by atoms with E-state index in [2.05, 4.69) is 5.32 Å². The van der Waals surface area contributed by atoms with Gasteiger partial charge in [-0.25, -0.2) is 4.79 Å². The van der Waals surface area contributed by atoms with Gasteiger partial charge in [0.2, 0.25) is 5.79 Å². The number of hydrogen-bond donors (Lipinski definition) is 6. The highest BCUT2D eigenvalue weighted by Gasteiger charge is 2.93. The third-order valence-corrected chi connectivity index (χ3v) is 16.2. The Hall–Kier alpha value is -3.58. The van der Waals surface area contributed by atoms with E-state index in [1.807, 2.05) is 0 Å². The number of rotatable bonds is 5. The van der Waals surface area contributed by atoms with E-state index in [1.54, 1.807) is 20.8 Å². The number of fused-ring (bicyclic) bond motifs is 9. The molecule has 1 amide bonds. The van der Waals surface area contributed by atoms with Crippen molar-refractivity contribution >= 4 is 29.3 Å². The number of nitro benzene ring substituents is 1. The lowest BCUT2D eigenvalue weighted by Gasteiger charge is -2.67. The van der Waals surface area contributed by atoms with Crippen LogP contribution in [0.25, 0.3) is 0 Å². The number of benzene rings is 1. The average molecular weight is 771 g/mol. The molecule has 17 nitrogen and oxygen atoms in total. The maximum atomic E-state index is 14.6. The predicted molar refractivity (Wildman–Crippen MR) is 181 cm³/mol. The summed E-state index contributed by atoms with van der Waals surface area (Å²) in [5.41, 5.74) is -7.77. The van der Waals surface area contributed by atoms with E-state index >= 15 is 0 Å². The van der Waals surface area contributed by atoms with Gasteiger partial charge in [-0.05, 0) is 51.0 Å². The van der Waals surface area contributed by atoms with Crippen LogP contribution < -0.4 is 5.32 Å². The molecule has 3 heterocycles. The van der Waals surface area contributed by atoms with Crippen LogP contribution in [-0.4, -0.2) is 120 Å². The number of ketones is 1. The number of carbonyl (C=O) groups excluding carboxylic acids is 4. The molecule has 5 saturated carbocycles. The minimum Gasteiger partial charge on any atom is -0.459 e. The van der Waals surface area contributed by atoms with Crippen molar-refractivity contribution in [2.45, 2.75) is 114 Å². The van der Waals surface area contributed by atoms with Gasteiger partial charge in [0.25, 0.3) is 11.6 Å². The summed E-state index contributed by atoms with van der Waals surface area (Å²) < 4.78 is 23.8. The third-order valence-electron chi connectivity index (χ3n) is 16.2. The molecule has 3 saturated heterocycles. The van der Waals surface area contributed by atoms with Crippen LogP contribution in [-0.2, 0) is 33.3 Å². The summed E-state index contributed by atoms with van der Waals surface area (Å²) in [4.78, 5) is 65.9. The van der Waals surface area contributed by atoms with E-state index in [0.717, 1.165) is 13.0 Å². The smallest absolute Gasteiger partial charge is 0.341 e. The molecule has 1 spiro atoms. The molecule has 0 unspecified atom stereocenters. The number of nitrogens with one attached hydrogen (secondary N) is 1. The van der Waals surface area contributed by atoms with E-state index in [9.17, 15) is 54.8 Å². The standard InChI is InChI=1S/C38H46N2O15/c1-12-20-23(35(5)36(6,49)33(48)55-38(35)31(12)54-38)26(44)21-19-22(28(52-14(3)42)30(46)37(20,21)13(2)41)34(4)17(11-18-27(53-18)29(34)45)24(25(19)43)39-32(47)15-8-7-9-16(10-15)40(50)51/h7-10,12,17-31,43-46,49H,11H2,1-6H3,(H,39,47)/t12-,17+,18-,19-,20-,21+,22+,23-,24+,25+,26+,27-,28-,29-,30-,31+,34-,35-,36+,37+,38-/m0/s1. The Balaban J connectivity index is 1.25. The number of aliphatic hydroxyl groups is 5. The van der Waals surface area contributed by atoms with Crippen molar-refractivity contribution < 1.29 is 68.6 Å². The number of Topliss-reactive ketones (excluding diaryl/α,β-unsaturated/α-hetero) is 1. The molecule has 8 fully saturated rings. The Morgan fingerprint density at radius 2 is 1.69 bits per heavy atom. The van der Waals surface area contributed by atoms with Crippen LogP contribution in [0.1, 0.15) is 58.3 Å². The number of carbonyl (C=O) groups is 4. The molecule has 55 heavy (non-hydrogen) atoms. The number of hydrogen-bond acceptors (Lipinski definition) is 15. The van der Waals surface area contributed by atoms with Crippen LogP contribution in [0.2, 0.25) is 0 Å². The zero-order valence-electron chi connectivity index (χ0n) is 31.0. The van der Waals surface area contributed by atoms with Crippen LogP contribution >= 0.6 is 0 Å². The van der Waals surface area contributed by atoms with Gasteiger partial charge in [-0.2, -0.15) is 0 Å². The Kier molecular flexibility index (Phi) is 7.46. The fourth-order valence-electron chi connectivity index (χ4n) is 13.8. The first-order chi connectivity index (χ1) is 25.6. The van der Waals surface area contributed by atoms with Crippen molar-refractivity contribution in [1.82, 2.24) is 5.32 Å². The number of nitrogens with zero attached hydrogens (tertiary/aromatic N) is 1. The second-order valence-corrected chi connectivity index (χ2v) is 18.0. The lowest BCUT2D eigenvalue weighted by molar-refractivity contribution is -0.384. The lowest BCUT2D eigenvalue weighted by Crippen LogP contribution is -2.77. The second kappa shape index (κ2) is 11.1. The van der Waals surface area contributed by atoms with Gasteiger partial charge in [-0.15, -0.1) is 0 Å². The average Bonchev–Trinajstić information content (AvgIpc) is 4.03. The lowest BCUT2D eigenvalue weighted by atomic mass is 9.39. The number of aliphatic hydroxyl groups excluding tert-OH is 4. The van der Waals surface area contributed by atoms with Gasteiger partial charge in [0, 0.05) is 53.7 Å². The third kappa shape index (κ3) is 4.07. The van der Waals surface area contributed by atoms with E-state index in [4.69, 9.17) is 18.9 Å². The number of amides is 1. The van der Waals surface area contributed by atoms with Crippen molar-refractivity contribution in [2.75, 3.05) is 0 Å². The van der Waals surface area contributed by atoms with Crippen molar-refractivity contribution in [3.63, 3.8) is 0 Å². The molecular formula is C38H46N2O15. The summed E-state index contributed by atoms with van der Waals surface area (Å²) >= 11 is 0. The Labute approximate surface area is 314 Å². The molecule has 0 bridgehead atoms. The van der Waals surface area contributed by atoms with Gasteiger partial charge in [-0.3, -0.25) is 24.5 Å². The maximum absolute atomic E-state index is 14.6. The van der Waals surface area contributed by atoms with E-state index in [-0.39, 0.29) is 17.7 Å². The molecule has 8 aliphatic rings. The summed E-state index contributed by atoms with van der Waals surface area (Å²) in [6.45, 7) is 8.63. The molecule has 298 valence electrons. The zero-order valence-corrected chi connectivity index (χ0v) is 31.0. The van der Waals surface area contributed by atoms with Crippen molar-refractivity contribution in [3.05, 3.63) is 39.9 Å². The van der Waals surface area contributed by atoms with Crippen LogP contribution in [0.15, 0.2) is 24.3 Å². The van der Waals surface area contributed by atoms with Crippen LogP contribution in [0, 0.1) is 67.8 Å². The molecule has 3 aliphatic heterocycles. The molecule has 1 aromatic carbocycles. The fraction of sp³-hybridized carbons (Fsp3) is 0.737. The molecule has 9 rings (SSSR count). The molecule has 21 atom stereocenters. The number of esters is 2. The number of epoxide rings is 2. The van der Waals surface area contributed by atoms with E-state index in [1.165, 1.54) is 32.0 Å². The maximum Gasteiger partial charge on any atom is 0.341 e. The first kappa shape index (κ1) is 37.0. The van der Waals surface area contributed by atoms with Crippen LogP contribution in [0.4, 0.5) is 5.69 Å². The molecule has 0 radical (unpaired) electrons. The molecule has 5 aliphatic carbocycles. The first-order valence-corrected chi connectivity index (χ1v) is 18.9. The van der Waals surface area contributed by atoms with Gasteiger partial charge in [0.1, 0.15) is 30.2 Å². The normalized spacial score (nSPS) is 54.8. The molecular weight excluding hydrogens is 724 g/mol. The summed E-state index contributed by atoms with van der Waals surface area (Å²) in [7, 11) is 0. The quantitative estimate of drug-likeness (QED) is 0.0964. The van der Waals surface area contributed by atoms with Gasteiger partial charge < -0.3 is 49.8 Å². The molecule has 0 aromatic heterocycles. The van der Waals surface area contributed by atoms with Gasteiger partial charge in [0.15, 0.2) is 5.60 Å². The highest BCUT2D eigenvalue weighted by molar-refractivity contribution is 5.95. The minimum atomic E-state index is -2.24. The highest BCUT2D eigenvalue weighted by Crippen LogP contribution is 2.80. The molecule has 1 aromatic rings. The molecule has 17 heteroatoms. The summed E-state index contributed by atoms with van der Waals surface area (Å²) in [6, 6.07) is 3.81.